The van der Waals surface area contributed by atoms with Gasteiger partial charge in [-0.05, 0) is 31.4 Å². The van der Waals surface area contributed by atoms with Crippen LogP contribution in [0.1, 0.15) is 58.3 Å². The van der Waals surface area contributed by atoms with Gasteiger partial charge in [0.25, 0.3) is 5.69 Å². The summed E-state index contributed by atoms with van der Waals surface area (Å²) in [4.78, 5) is 30.0. The topological polar surface area (TPSA) is 113 Å². The van der Waals surface area contributed by atoms with Gasteiger partial charge in [-0.25, -0.2) is 4.98 Å². The number of thiazole rings is 1. The summed E-state index contributed by atoms with van der Waals surface area (Å²) in [5.41, 5.74) is 1.05. The predicted octanol–water partition coefficient (Wildman–Crippen LogP) is 4.73. The third-order valence-electron chi connectivity index (χ3n) is 6.75. The number of piperidine rings is 1. The first kappa shape index (κ1) is 26.3. The van der Waals surface area contributed by atoms with E-state index in [2.05, 4.69) is 5.10 Å². The number of nitrogens with zero attached hydrogens (tertiary/aromatic N) is 5. The van der Waals surface area contributed by atoms with Crippen LogP contribution in [0.3, 0.4) is 0 Å². The number of likely N-dealkylation sites (tertiary alicyclic amines) is 1. The fraction of sp³-hybridized carbons (Fsp3) is 0.458. The molecule has 38 heavy (non-hydrogen) atoms. The van der Waals surface area contributed by atoms with Crippen LogP contribution in [0.5, 0.6) is 0 Å². The van der Waals surface area contributed by atoms with Crippen molar-refractivity contribution in [3.8, 4) is 0 Å². The molecule has 1 unspecified atom stereocenters. The Bertz CT molecular complexity index is 1350. The van der Waals surface area contributed by atoms with Gasteiger partial charge in [-0.3, -0.25) is 19.6 Å². The van der Waals surface area contributed by atoms with Crippen LogP contribution in [0.15, 0.2) is 29.6 Å². The summed E-state index contributed by atoms with van der Waals surface area (Å²) in [7, 11) is 0. The third kappa shape index (κ3) is 5.42. The smallest absolute Gasteiger partial charge is 0.342 e. The number of amides is 1. The number of nitro benzene ring substituents is 1. The van der Waals surface area contributed by atoms with Crippen LogP contribution in [0.4, 0.5) is 18.9 Å². The van der Waals surface area contributed by atoms with E-state index in [9.17, 15) is 28.1 Å². The van der Waals surface area contributed by atoms with Crippen molar-refractivity contribution in [3.05, 3.63) is 73.0 Å². The number of benzene rings is 1. The SMILES string of the molecule is Cc1cc(C(F)(F)F)nn1CC(=O)N1CCC(c2nc(C3OCc4cccc([N+](=O)[O-])c4CO3)cs2)CC1. The lowest BCUT2D eigenvalue weighted by Crippen LogP contribution is -2.40. The van der Waals surface area contributed by atoms with E-state index in [1.54, 1.807) is 17.0 Å². The van der Waals surface area contributed by atoms with Crippen LogP contribution in [0, 0.1) is 17.0 Å². The molecular weight excluding hydrogens is 527 g/mol. The van der Waals surface area contributed by atoms with Gasteiger partial charge in [0, 0.05) is 36.1 Å². The van der Waals surface area contributed by atoms with Gasteiger partial charge in [0.1, 0.15) is 12.2 Å². The van der Waals surface area contributed by atoms with Crippen molar-refractivity contribution in [2.24, 2.45) is 0 Å². The predicted molar refractivity (Wildman–Crippen MR) is 128 cm³/mol. The molecule has 1 fully saturated rings. The van der Waals surface area contributed by atoms with Crippen LogP contribution in [-0.2, 0) is 40.2 Å². The standard InChI is InChI=1S/C24H24F3N5O5S/c1-14-9-20(24(25,26)27)29-31(14)10-21(33)30-7-5-15(6-8-30)22-28-18(13-38-22)23-36-11-16-3-2-4-19(32(34)35)17(16)12-37-23/h2-4,9,13,15,23H,5-8,10-12H2,1H3. The van der Waals surface area contributed by atoms with E-state index in [-0.39, 0.29) is 43.0 Å². The van der Waals surface area contributed by atoms with Gasteiger partial charge in [-0.1, -0.05) is 12.1 Å². The molecule has 14 heteroatoms. The number of carbonyl (C=O) groups excluding carboxylic acids is 1. The van der Waals surface area contributed by atoms with Crippen molar-refractivity contribution in [3.63, 3.8) is 0 Å². The molecule has 0 spiro atoms. The van der Waals surface area contributed by atoms with Crippen molar-refractivity contribution in [1.82, 2.24) is 19.7 Å². The average molecular weight is 552 g/mol. The summed E-state index contributed by atoms with van der Waals surface area (Å²) in [5.74, 6) is -0.165. The van der Waals surface area contributed by atoms with Crippen LogP contribution in [0.2, 0.25) is 0 Å². The zero-order valence-electron chi connectivity index (χ0n) is 20.3. The molecule has 0 bridgehead atoms. The number of alkyl halides is 3. The van der Waals surface area contributed by atoms with E-state index in [1.165, 1.54) is 24.3 Å². The highest BCUT2D eigenvalue weighted by atomic mass is 32.1. The van der Waals surface area contributed by atoms with Gasteiger partial charge < -0.3 is 14.4 Å². The quantitative estimate of drug-likeness (QED) is 0.333. The summed E-state index contributed by atoms with van der Waals surface area (Å²) >= 11 is 1.46. The molecule has 0 N–H and O–H groups in total. The number of ether oxygens (including phenoxy) is 2. The molecule has 10 nitrogen and oxygen atoms in total. The van der Waals surface area contributed by atoms with Crippen molar-refractivity contribution in [2.75, 3.05) is 13.1 Å². The molecule has 2 aromatic heterocycles. The van der Waals surface area contributed by atoms with Crippen LogP contribution >= 0.6 is 11.3 Å². The number of aromatic nitrogens is 3. The lowest BCUT2D eigenvalue weighted by molar-refractivity contribution is -0.386. The summed E-state index contributed by atoms with van der Waals surface area (Å²) in [6.45, 7) is 2.36. The van der Waals surface area contributed by atoms with Crippen LogP contribution in [-0.4, -0.2) is 43.6 Å². The molecule has 0 aliphatic carbocycles. The summed E-state index contributed by atoms with van der Waals surface area (Å²) < 4.78 is 51.5. The summed E-state index contributed by atoms with van der Waals surface area (Å²) in [6, 6.07) is 5.77. The lowest BCUT2D eigenvalue weighted by Gasteiger charge is -2.31. The lowest BCUT2D eigenvalue weighted by atomic mass is 9.97. The van der Waals surface area contributed by atoms with E-state index in [4.69, 9.17) is 14.5 Å². The Balaban J connectivity index is 1.17. The minimum Gasteiger partial charge on any atom is -0.342 e. The largest absolute Gasteiger partial charge is 0.435 e. The second-order valence-corrected chi connectivity index (χ2v) is 10.1. The van der Waals surface area contributed by atoms with Gasteiger partial charge in [-0.15, -0.1) is 11.3 Å². The maximum atomic E-state index is 12.9. The third-order valence-corrected chi connectivity index (χ3v) is 7.77. The number of halogens is 3. The average Bonchev–Trinajstić information content (AvgIpc) is 3.45. The molecule has 1 atom stereocenters. The molecule has 0 saturated carbocycles. The normalized spacial score (nSPS) is 18.7. The Labute approximate surface area is 219 Å². The van der Waals surface area contributed by atoms with Crippen molar-refractivity contribution < 1.29 is 32.4 Å². The van der Waals surface area contributed by atoms with Gasteiger partial charge in [0.2, 0.25) is 12.2 Å². The van der Waals surface area contributed by atoms with Gasteiger partial charge in [0.15, 0.2) is 5.69 Å². The molecule has 3 aromatic rings. The molecule has 1 saturated heterocycles. The Morgan fingerprint density at radius 1 is 1.24 bits per heavy atom. The first-order chi connectivity index (χ1) is 18.1. The molecule has 2 aliphatic rings. The Morgan fingerprint density at radius 2 is 1.97 bits per heavy atom. The molecule has 1 amide bonds. The second-order valence-electron chi connectivity index (χ2n) is 9.22. The van der Waals surface area contributed by atoms with E-state index in [0.717, 1.165) is 15.8 Å². The molecule has 5 rings (SSSR count). The summed E-state index contributed by atoms with van der Waals surface area (Å²) in [6.07, 6.45) is -3.99. The van der Waals surface area contributed by atoms with E-state index in [1.807, 2.05) is 5.38 Å². The minimum absolute atomic E-state index is 0.00414. The van der Waals surface area contributed by atoms with Crippen LogP contribution in [0.25, 0.3) is 0 Å². The van der Waals surface area contributed by atoms with Crippen molar-refractivity contribution in [2.45, 2.75) is 57.9 Å². The number of fused-ring (bicyclic) bond motifs is 1. The number of carbonyl (C=O) groups is 1. The Morgan fingerprint density at radius 3 is 2.66 bits per heavy atom. The van der Waals surface area contributed by atoms with Gasteiger partial charge in [-0.2, -0.15) is 18.3 Å². The van der Waals surface area contributed by atoms with Gasteiger partial charge in [0.05, 0.1) is 28.7 Å². The van der Waals surface area contributed by atoms with Crippen molar-refractivity contribution >= 4 is 22.9 Å². The van der Waals surface area contributed by atoms with E-state index in [0.29, 0.717) is 42.8 Å². The highest BCUT2D eigenvalue weighted by Crippen LogP contribution is 2.36. The maximum absolute atomic E-state index is 12.9. The molecule has 0 radical (unpaired) electrons. The van der Waals surface area contributed by atoms with E-state index < -0.39 is 23.1 Å². The second kappa shape index (κ2) is 10.4. The van der Waals surface area contributed by atoms with Crippen LogP contribution < -0.4 is 0 Å². The van der Waals surface area contributed by atoms with Gasteiger partial charge >= 0.3 is 6.18 Å². The zero-order chi connectivity index (χ0) is 27.0. The number of aryl methyl sites for hydroxylation is 1. The monoisotopic (exact) mass is 551 g/mol. The number of hydrogen-bond donors (Lipinski definition) is 0. The highest BCUT2D eigenvalue weighted by molar-refractivity contribution is 7.09. The summed E-state index contributed by atoms with van der Waals surface area (Å²) in [5, 5.41) is 17.6. The molecule has 4 heterocycles. The number of hydrogen-bond acceptors (Lipinski definition) is 8. The Kier molecular flexibility index (Phi) is 7.20. The molecular formula is C24H24F3N5O5S. The fourth-order valence-corrected chi connectivity index (χ4v) is 5.64. The molecule has 2 aliphatic heterocycles. The first-order valence-corrected chi connectivity index (χ1v) is 12.8. The van der Waals surface area contributed by atoms with Crippen molar-refractivity contribution in [1.29, 1.82) is 0 Å². The fourth-order valence-electron chi connectivity index (χ4n) is 4.65. The molecule has 1 aromatic carbocycles. The molecule has 202 valence electrons. The number of rotatable bonds is 5. The zero-order valence-corrected chi connectivity index (χ0v) is 21.1. The maximum Gasteiger partial charge on any atom is 0.435 e. The highest BCUT2D eigenvalue weighted by Gasteiger charge is 2.35. The Hall–Kier alpha value is -3.36. The number of nitro groups is 1. The van der Waals surface area contributed by atoms with E-state index >= 15 is 0 Å². The minimum atomic E-state index is -4.56. The first-order valence-electron chi connectivity index (χ1n) is 11.9.